The van der Waals surface area contributed by atoms with E-state index >= 15 is 0 Å². The number of rotatable bonds is 8. The number of carbonyl (C=O) groups excluding carboxylic acids is 1. The lowest BCUT2D eigenvalue weighted by Gasteiger charge is -2.09. The van der Waals surface area contributed by atoms with Crippen molar-refractivity contribution in [1.82, 2.24) is 4.98 Å². The van der Waals surface area contributed by atoms with E-state index in [0.29, 0.717) is 6.42 Å². The quantitative estimate of drug-likeness (QED) is 0.310. The number of benzene rings is 2. The summed E-state index contributed by atoms with van der Waals surface area (Å²) < 4.78 is 26.0. The smallest absolute Gasteiger partial charge is 0.224 e. The Morgan fingerprint density at radius 3 is 2.79 bits per heavy atom. The number of aromatic hydroxyl groups is 1. The molecule has 3 aromatic rings. The lowest BCUT2D eigenvalue weighted by Crippen LogP contribution is -2.12. The Bertz CT molecular complexity index is 1060. The molecule has 0 bridgehead atoms. The fourth-order valence-corrected chi connectivity index (χ4v) is 5.48. The predicted molar refractivity (Wildman–Crippen MR) is 114 cm³/mol. The number of hydrogen-bond acceptors (Lipinski definition) is 7. The number of sulfone groups is 1. The number of phenolic OH excluding ortho intramolecular Hbond substituents is 1. The average Bonchev–Trinajstić information content (AvgIpc) is 3.09. The molecule has 1 amide bonds. The van der Waals surface area contributed by atoms with Crippen LogP contribution in [0.25, 0.3) is 10.2 Å². The number of para-hydroxylation sites is 1. The summed E-state index contributed by atoms with van der Waals surface area (Å²) in [6.07, 6.45) is 0.905. The van der Waals surface area contributed by atoms with Gasteiger partial charge >= 0.3 is 0 Å². The second-order valence-electron chi connectivity index (χ2n) is 6.03. The molecule has 148 valence electrons. The number of thioether (sulfide) groups is 1. The first-order valence-electron chi connectivity index (χ1n) is 8.73. The maximum absolute atomic E-state index is 12.2. The van der Waals surface area contributed by atoms with Gasteiger partial charge in [0.1, 0.15) is 5.75 Å². The van der Waals surface area contributed by atoms with Gasteiger partial charge in [-0.2, -0.15) is 0 Å². The Balaban J connectivity index is 1.52. The van der Waals surface area contributed by atoms with Crippen LogP contribution >= 0.6 is 23.1 Å². The highest BCUT2D eigenvalue weighted by molar-refractivity contribution is 8.01. The summed E-state index contributed by atoms with van der Waals surface area (Å²) >= 11 is 3.23. The van der Waals surface area contributed by atoms with Crippen molar-refractivity contribution >= 4 is 54.7 Å². The van der Waals surface area contributed by atoms with Crippen molar-refractivity contribution in [3.63, 3.8) is 0 Å². The monoisotopic (exact) mass is 436 g/mol. The average molecular weight is 437 g/mol. The molecule has 0 atom stereocenters. The maximum atomic E-state index is 12.2. The molecule has 0 unspecified atom stereocenters. The van der Waals surface area contributed by atoms with Gasteiger partial charge in [-0.1, -0.05) is 30.8 Å². The van der Waals surface area contributed by atoms with E-state index in [1.54, 1.807) is 30.0 Å². The van der Waals surface area contributed by atoms with Gasteiger partial charge in [0, 0.05) is 12.2 Å². The highest BCUT2D eigenvalue weighted by atomic mass is 32.2. The molecule has 0 aliphatic carbocycles. The highest BCUT2D eigenvalue weighted by Gasteiger charge is 2.15. The number of aromatic nitrogens is 1. The SMILES string of the molecule is CCS(=O)(=O)c1ccc(O)c(NC(=O)CCCSc2nc3ccccc3s2)c1. The van der Waals surface area contributed by atoms with E-state index in [4.69, 9.17) is 0 Å². The third-order valence-electron chi connectivity index (χ3n) is 4.03. The number of amides is 1. The molecule has 3 rings (SSSR count). The molecule has 28 heavy (non-hydrogen) atoms. The third kappa shape index (κ3) is 5.03. The molecule has 0 saturated heterocycles. The topological polar surface area (TPSA) is 96.4 Å². The number of anilines is 1. The molecule has 0 aliphatic heterocycles. The number of carbonyl (C=O) groups is 1. The van der Waals surface area contributed by atoms with Crippen LogP contribution in [0.1, 0.15) is 19.8 Å². The van der Waals surface area contributed by atoms with Crippen LogP contribution in [0.2, 0.25) is 0 Å². The predicted octanol–water partition coefficient (Wildman–Crippen LogP) is 4.31. The van der Waals surface area contributed by atoms with Crippen molar-refractivity contribution in [2.45, 2.75) is 29.0 Å². The van der Waals surface area contributed by atoms with Gasteiger partial charge in [0.05, 0.1) is 26.6 Å². The summed E-state index contributed by atoms with van der Waals surface area (Å²) in [5, 5.41) is 12.5. The molecule has 0 radical (unpaired) electrons. The van der Waals surface area contributed by atoms with Gasteiger partial charge in [-0.3, -0.25) is 4.79 Å². The molecule has 9 heteroatoms. The summed E-state index contributed by atoms with van der Waals surface area (Å²) in [7, 11) is -3.41. The van der Waals surface area contributed by atoms with E-state index in [1.165, 1.54) is 18.2 Å². The molecule has 2 aromatic carbocycles. The molecule has 0 fully saturated rings. The molecule has 1 heterocycles. The Morgan fingerprint density at radius 1 is 1.25 bits per heavy atom. The lowest BCUT2D eigenvalue weighted by atomic mass is 10.2. The zero-order chi connectivity index (χ0) is 20.1. The standard InChI is InChI=1S/C19H20N2O4S3/c1-2-28(24,25)13-9-10-16(22)15(12-13)20-18(23)8-5-11-26-19-21-14-6-3-4-7-17(14)27-19/h3-4,6-7,9-10,12,22H,2,5,8,11H2,1H3,(H,20,23). The lowest BCUT2D eigenvalue weighted by molar-refractivity contribution is -0.116. The van der Waals surface area contributed by atoms with Crippen LogP contribution < -0.4 is 5.32 Å². The third-order valence-corrected chi connectivity index (χ3v) is 8.03. The van der Waals surface area contributed by atoms with Crippen molar-refractivity contribution < 1.29 is 18.3 Å². The van der Waals surface area contributed by atoms with Crippen LogP contribution in [-0.2, 0) is 14.6 Å². The normalized spacial score (nSPS) is 11.6. The molecule has 6 nitrogen and oxygen atoms in total. The van der Waals surface area contributed by atoms with Gasteiger partial charge in [0.2, 0.25) is 5.91 Å². The number of phenols is 1. The Hall–Kier alpha value is -2.10. The molecule has 0 saturated carbocycles. The molecule has 0 aliphatic rings. The highest BCUT2D eigenvalue weighted by Crippen LogP contribution is 2.30. The van der Waals surface area contributed by atoms with Crippen LogP contribution in [0, 0.1) is 0 Å². The Morgan fingerprint density at radius 2 is 2.04 bits per heavy atom. The fraction of sp³-hybridized carbons (Fsp3) is 0.263. The second kappa shape index (κ2) is 8.93. The van der Waals surface area contributed by atoms with Crippen molar-refractivity contribution in [3.05, 3.63) is 42.5 Å². The minimum Gasteiger partial charge on any atom is -0.506 e. The molecular formula is C19H20N2O4S3. The molecule has 2 N–H and O–H groups in total. The molecule has 1 aromatic heterocycles. The van der Waals surface area contributed by atoms with Gasteiger partial charge in [-0.05, 0) is 36.8 Å². The van der Waals surface area contributed by atoms with E-state index in [0.717, 1.165) is 20.3 Å². The first kappa shape index (κ1) is 20.6. The van der Waals surface area contributed by atoms with Crippen LogP contribution in [-0.4, -0.2) is 35.9 Å². The fourth-order valence-electron chi connectivity index (χ4n) is 2.49. The largest absolute Gasteiger partial charge is 0.506 e. The summed E-state index contributed by atoms with van der Waals surface area (Å²) in [5.74, 6) is 0.260. The maximum Gasteiger partial charge on any atom is 0.224 e. The van der Waals surface area contributed by atoms with Gasteiger partial charge in [0.25, 0.3) is 0 Å². The van der Waals surface area contributed by atoms with Crippen molar-refractivity contribution in [2.75, 3.05) is 16.8 Å². The minimum atomic E-state index is -3.41. The molecular weight excluding hydrogens is 416 g/mol. The zero-order valence-corrected chi connectivity index (χ0v) is 17.7. The number of thiazole rings is 1. The number of nitrogens with one attached hydrogen (secondary N) is 1. The minimum absolute atomic E-state index is 0.0475. The summed E-state index contributed by atoms with van der Waals surface area (Å²) in [6.45, 7) is 1.55. The van der Waals surface area contributed by atoms with Crippen LogP contribution in [0.15, 0.2) is 51.7 Å². The first-order chi connectivity index (χ1) is 13.4. The molecule has 0 spiro atoms. The van der Waals surface area contributed by atoms with Crippen molar-refractivity contribution in [2.24, 2.45) is 0 Å². The van der Waals surface area contributed by atoms with E-state index in [9.17, 15) is 18.3 Å². The zero-order valence-electron chi connectivity index (χ0n) is 15.2. The van der Waals surface area contributed by atoms with Gasteiger partial charge < -0.3 is 10.4 Å². The van der Waals surface area contributed by atoms with Gasteiger partial charge in [-0.15, -0.1) is 11.3 Å². The van der Waals surface area contributed by atoms with E-state index in [1.807, 2.05) is 24.3 Å². The van der Waals surface area contributed by atoms with Gasteiger partial charge in [0.15, 0.2) is 14.2 Å². The summed E-state index contributed by atoms with van der Waals surface area (Å²) in [4.78, 5) is 16.8. The van der Waals surface area contributed by atoms with E-state index in [2.05, 4.69) is 10.3 Å². The van der Waals surface area contributed by atoms with E-state index in [-0.39, 0.29) is 34.4 Å². The van der Waals surface area contributed by atoms with Crippen molar-refractivity contribution in [3.8, 4) is 5.75 Å². The Kier molecular flexibility index (Phi) is 6.58. The Labute approximate surface area is 171 Å². The van der Waals surface area contributed by atoms with Crippen LogP contribution in [0.5, 0.6) is 5.75 Å². The van der Waals surface area contributed by atoms with E-state index < -0.39 is 9.84 Å². The van der Waals surface area contributed by atoms with Crippen LogP contribution in [0.4, 0.5) is 5.69 Å². The number of fused-ring (bicyclic) bond motifs is 1. The van der Waals surface area contributed by atoms with Crippen LogP contribution in [0.3, 0.4) is 0 Å². The second-order valence-corrected chi connectivity index (χ2v) is 10.7. The van der Waals surface area contributed by atoms with Gasteiger partial charge in [-0.25, -0.2) is 13.4 Å². The summed E-state index contributed by atoms with van der Waals surface area (Å²) in [6, 6.07) is 11.8. The number of hydrogen-bond donors (Lipinski definition) is 2. The summed E-state index contributed by atoms with van der Waals surface area (Å²) in [5.41, 5.74) is 1.09. The first-order valence-corrected chi connectivity index (χ1v) is 12.2. The number of nitrogens with zero attached hydrogens (tertiary/aromatic N) is 1. The van der Waals surface area contributed by atoms with Crippen molar-refractivity contribution in [1.29, 1.82) is 0 Å².